The Morgan fingerprint density at radius 1 is 1.39 bits per heavy atom. The molecule has 0 amide bonds. The van der Waals surface area contributed by atoms with Gasteiger partial charge in [-0.3, -0.25) is 5.10 Å². The summed E-state index contributed by atoms with van der Waals surface area (Å²) in [4.78, 5) is 1.15. The van der Waals surface area contributed by atoms with Gasteiger partial charge in [0.15, 0.2) is 0 Å². The molecule has 0 unspecified atom stereocenters. The summed E-state index contributed by atoms with van der Waals surface area (Å²) in [6.07, 6.45) is 1.80. The molecule has 0 radical (unpaired) electrons. The number of hydrogen-bond acceptors (Lipinski definition) is 4. The van der Waals surface area contributed by atoms with Crippen LogP contribution in [-0.2, 0) is 6.54 Å². The molecule has 0 aliphatic heterocycles. The molecule has 0 fully saturated rings. The van der Waals surface area contributed by atoms with Crippen LogP contribution in [0.5, 0.6) is 0 Å². The highest BCUT2D eigenvalue weighted by molar-refractivity contribution is 7.10. The number of nitriles is 1. The van der Waals surface area contributed by atoms with Crippen molar-refractivity contribution in [3.8, 4) is 6.07 Å². The van der Waals surface area contributed by atoms with Crippen molar-refractivity contribution in [2.24, 2.45) is 0 Å². The van der Waals surface area contributed by atoms with Gasteiger partial charge in [0.25, 0.3) is 0 Å². The number of aromatic amines is 1. The van der Waals surface area contributed by atoms with Crippen LogP contribution in [0.4, 0.5) is 5.69 Å². The van der Waals surface area contributed by atoms with E-state index in [0.717, 1.165) is 33.6 Å². The van der Waals surface area contributed by atoms with Crippen LogP contribution in [0.15, 0.2) is 35.8 Å². The fraction of sp³-hybridized carbons (Fsp3) is 0.0769. The van der Waals surface area contributed by atoms with E-state index in [0.29, 0.717) is 0 Å². The number of benzene rings is 1. The number of anilines is 1. The van der Waals surface area contributed by atoms with E-state index in [1.54, 1.807) is 17.5 Å². The second-order valence-corrected chi connectivity index (χ2v) is 4.93. The second-order valence-electron chi connectivity index (χ2n) is 3.94. The van der Waals surface area contributed by atoms with Crippen molar-refractivity contribution < 1.29 is 0 Å². The first-order chi connectivity index (χ1) is 8.85. The van der Waals surface area contributed by atoms with E-state index in [-0.39, 0.29) is 0 Å². The molecule has 0 aliphatic rings. The molecule has 3 aromatic rings. The maximum atomic E-state index is 8.76. The first kappa shape index (κ1) is 10.8. The van der Waals surface area contributed by atoms with Crippen LogP contribution in [0.25, 0.3) is 10.9 Å². The lowest BCUT2D eigenvalue weighted by Gasteiger charge is -2.04. The molecule has 4 nitrogen and oxygen atoms in total. The van der Waals surface area contributed by atoms with E-state index >= 15 is 0 Å². The van der Waals surface area contributed by atoms with Gasteiger partial charge in [-0.15, -0.1) is 11.3 Å². The number of H-pyrrole nitrogens is 1. The summed E-state index contributed by atoms with van der Waals surface area (Å²) in [5.41, 5.74) is 2.78. The minimum Gasteiger partial charge on any atom is -0.380 e. The third kappa shape index (κ3) is 2.06. The Morgan fingerprint density at radius 2 is 2.33 bits per heavy atom. The summed E-state index contributed by atoms with van der Waals surface area (Å²) >= 11 is 1.59. The minimum absolute atomic E-state index is 0.723. The van der Waals surface area contributed by atoms with Gasteiger partial charge in [-0.1, -0.05) is 0 Å². The zero-order chi connectivity index (χ0) is 12.4. The highest BCUT2D eigenvalue weighted by Gasteiger charge is 2.01. The van der Waals surface area contributed by atoms with Gasteiger partial charge in [0.05, 0.1) is 17.3 Å². The predicted octanol–water partition coefficient (Wildman–Crippen LogP) is 3.11. The molecule has 2 N–H and O–H groups in total. The minimum atomic E-state index is 0.723. The molecular weight excluding hydrogens is 244 g/mol. The zero-order valence-electron chi connectivity index (χ0n) is 9.47. The molecule has 0 saturated carbocycles. The normalized spacial score (nSPS) is 10.4. The van der Waals surface area contributed by atoms with Crippen molar-refractivity contribution in [3.05, 3.63) is 46.3 Å². The van der Waals surface area contributed by atoms with Crippen LogP contribution >= 0.6 is 11.3 Å². The molecular formula is C13H10N4S. The van der Waals surface area contributed by atoms with Crippen molar-refractivity contribution in [2.75, 3.05) is 5.32 Å². The molecule has 3 rings (SSSR count). The molecule has 5 heteroatoms. The summed E-state index contributed by atoms with van der Waals surface area (Å²) in [5, 5.41) is 22.0. The van der Waals surface area contributed by atoms with Crippen molar-refractivity contribution >= 4 is 27.9 Å². The molecule has 1 aromatic carbocycles. The standard InChI is InChI=1S/C13H10N4S/c14-5-9-3-12(18-8-9)7-15-11-2-1-10-6-16-17-13(10)4-11/h1-4,6,8,15H,7H2,(H,16,17). The van der Waals surface area contributed by atoms with Gasteiger partial charge in [-0.25, -0.2) is 0 Å². The van der Waals surface area contributed by atoms with E-state index < -0.39 is 0 Å². The summed E-state index contributed by atoms with van der Waals surface area (Å²) in [6.45, 7) is 0.728. The van der Waals surface area contributed by atoms with Crippen molar-refractivity contribution in [2.45, 2.75) is 6.54 Å². The smallest absolute Gasteiger partial charge is 0.100 e. The Balaban J connectivity index is 1.74. The lowest BCUT2D eigenvalue weighted by Crippen LogP contribution is -1.96. The fourth-order valence-electron chi connectivity index (χ4n) is 1.77. The zero-order valence-corrected chi connectivity index (χ0v) is 10.3. The predicted molar refractivity (Wildman–Crippen MR) is 72.5 cm³/mol. The van der Waals surface area contributed by atoms with E-state index in [4.69, 9.17) is 5.26 Å². The molecule has 2 heterocycles. The number of aromatic nitrogens is 2. The van der Waals surface area contributed by atoms with Crippen LogP contribution in [-0.4, -0.2) is 10.2 Å². The number of nitrogens with zero attached hydrogens (tertiary/aromatic N) is 2. The van der Waals surface area contributed by atoms with Crippen LogP contribution < -0.4 is 5.32 Å². The molecule has 0 spiro atoms. The van der Waals surface area contributed by atoms with E-state index in [9.17, 15) is 0 Å². The molecule has 0 bridgehead atoms. The second kappa shape index (κ2) is 4.51. The maximum absolute atomic E-state index is 8.76. The average Bonchev–Trinajstić information content (AvgIpc) is 3.04. The topological polar surface area (TPSA) is 64.5 Å². The Kier molecular flexibility index (Phi) is 2.71. The first-order valence-electron chi connectivity index (χ1n) is 5.50. The summed E-state index contributed by atoms with van der Waals surface area (Å²) < 4.78 is 0. The number of thiophene rings is 1. The van der Waals surface area contributed by atoms with Crippen LogP contribution in [0.3, 0.4) is 0 Å². The monoisotopic (exact) mass is 254 g/mol. The maximum Gasteiger partial charge on any atom is 0.100 e. The molecule has 0 atom stereocenters. The molecule has 88 valence electrons. The molecule has 0 saturated heterocycles. The van der Waals surface area contributed by atoms with Gasteiger partial charge in [0, 0.05) is 27.9 Å². The van der Waals surface area contributed by atoms with Gasteiger partial charge in [-0.2, -0.15) is 10.4 Å². The Morgan fingerprint density at radius 3 is 3.17 bits per heavy atom. The number of fused-ring (bicyclic) bond motifs is 1. The van der Waals surface area contributed by atoms with Gasteiger partial charge < -0.3 is 5.32 Å². The first-order valence-corrected chi connectivity index (χ1v) is 6.37. The number of nitrogens with one attached hydrogen (secondary N) is 2. The average molecular weight is 254 g/mol. The highest BCUT2D eigenvalue weighted by atomic mass is 32.1. The van der Waals surface area contributed by atoms with Gasteiger partial charge in [0.1, 0.15) is 6.07 Å². The number of rotatable bonds is 3. The molecule has 18 heavy (non-hydrogen) atoms. The lowest BCUT2D eigenvalue weighted by molar-refractivity contribution is 1.12. The fourth-order valence-corrected chi connectivity index (χ4v) is 2.52. The van der Waals surface area contributed by atoms with Gasteiger partial charge in [-0.05, 0) is 24.3 Å². The van der Waals surface area contributed by atoms with E-state index in [2.05, 4.69) is 21.6 Å². The Labute approximate surface area is 108 Å². The van der Waals surface area contributed by atoms with Crippen LogP contribution in [0, 0.1) is 11.3 Å². The lowest BCUT2D eigenvalue weighted by atomic mass is 10.2. The van der Waals surface area contributed by atoms with Crippen LogP contribution in [0.1, 0.15) is 10.4 Å². The summed E-state index contributed by atoms with van der Waals surface area (Å²) in [7, 11) is 0. The third-order valence-corrected chi connectivity index (χ3v) is 3.63. The van der Waals surface area contributed by atoms with Gasteiger partial charge >= 0.3 is 0 Å². The van der Waals surface area contributed by atoms with Crippen molar-refractivity contribution in [1.82, 2.24) is 10.2 Å². The van der Waals surface area contributed by atoms with Crippen molar-refractivity contribution in [3.63, 3.8) is 0 Å². The van der Waals surface area contributed by atoms with Crippen molar-refractivity contribution in [1.29, 1.82) is 5.26 Å². The summed E-state index contributed by atoms with van der Waals surface area (Å²) in [6, 6.07) is 10.1. The van der Waals surface area contributed by atoms with Gasteiger partial charge in [0.2, 0.25) is 0 Å². The Bertz CT molecular complexity index is 720. The largest absolute Gasteiger partial charge is 0.380 e. The molecule has 2 aromatic heterocycles. The summed E-state index contributed by atoms with van der Waals surface area (Å²) in [5.74, 6) is 0. The quantitative estimate of drug-likeness (QED) is 0.754. The highest BCUT2D eigenvalue weighted by Crippen LogP contribution is 2.19. The van der Waals surface area contributed by atoms with E-state index in [1.165, 1.54) is 0 Å². The molecule has 0 aliphatic carbocycles. The third-order valence-electron chi connectivity index (χ3n) is 2.69. The Hall–Kier alpha value is -2.32. The van der Waals surface area contributed by atoms with Crippen LogP contribution in [0.2, 0.25) is 0 Å². The van der Waals surface area contributed by atoms with E-state index in [1.807, 2.05) is 29.6 Å². The number of hydrogen-bond donors (Lipinski definition) is 2. The SMILES string of the molecule is N#Cc1csc(CNc2ccc3cn[nH]c3c2)c1.